The number of alkyl halides is 3. The summed E-state index contributed by atoms with van der Waals surface area (Å²) < 4.78 is 46.2. The van der Waals surface area contributed by atoms with E-state index in [1.54, 1.807) is 13.8 Å². The van der Waals surface area contributed by atoms with Crippen molar-refractivity contribution in [2.75, 3.05) is 0 Å². The van der Waals surface area contributed by atoms with E-state index in [0.717, 1.165) is 6.07 Å². The standard InChI is InChI=1S/C11H11F3O4/c1-6(2)17-10(16)5-8-3-7(15)4-9(18-8)11(12,13)14/h3-4,6H,5H2,1-2H3. The highest BCUT2D eigenvalue weighted by atomic mass is 19.4. The van der Waals surface area contributed by atoms with Crippen LogP contribution in [0.4, 0.5) is 13.2 Å². The van der Waals surface area contributed by atoms with E-state index in [9.17, 15) is 22.8 Å². The van der Waals surface area contributed by atoms with Crippen molar-refractivity contribution in [2.45, 2.75) is 32.5 Å². The molecule has 0 unspecified atom stereocenters. The molecule has 0 N–H and O–H groups in total. The third kappa shape index (κ3) is 4.23. The number of carbonyl (C=O) groups excluding carboxylic acids is 1. The number of carbonyl (C=O) groups is 1. The zero-order valence-electron chi connectivity index (χ0n) is 9.71. The molecule has 1 aromatic heterocycles. The molecule has 1 rings (SSSR count). The summed E-state index contributed by atoms with van der Waals surface area (Å²) >= 11 is 0. The van der Waals surface area contributed by atoms with Crippen molar-refractivity contribution in [1.82, 2.24) is 0 Å². The number of ether oxygens (including phenoxy) is 1. The first-order valence-electron chi connectivity index (χ1n) is 5.09. The fourth-order valence-electron chi connectivity index (χ4n) is 1.20. The summed E-state index contributed by atoms with van der Waals surface area (Å²) in [5, 5.41) is 0. The summed E-state index contributed by atoms with van der Waals surface area (Å²) in [5.74, 6) is -2.56. The molecule has 7 heteroatoms. The van der Waals surface area contributed by atoms with Gasteiger partial charge < -0.3 is 9.15 Å². The van der Waals surface area contributed by atoms with Crippen LogP contribution in [0, 0.1) is 0 Å². The smallest absolute Gasteiger partial charge is 0.449 e. The van der Waals surface area contributed by atoms with Gasteiger partial charge in [0, 0.05) is 12.1 Å². The Bertz CT molecular complexity index is 488. The lowest BCUT2D eigenvalue weighted by Gasteiger charge is -2.09. The van der Waals surface area contributed by atoms with Gasteiger partial charge in [0.15, 0.2) is 5.43 Å². The summed E-state index contributed by atoms with van der Waals surface area (Å²) in [7, 11) is 0. The van der Waals surface area contributed by atoms with Crippen molar-refractivity contribution in [3.8, 4) is 0 Å². The molecule has 0 atom stereocenters. The number of rotatable bonds is 3. The van der Waals surface area contributed by atoms with E-state index >= 15 is 0 Å². The van der Waals surface area contributed by atoms with E-state index in [1.165, 1.54) is 0 Å². The maximum atomic E-state index is 12.3. The molecule has 0 saturated carbocycles. The molecule has 0 aliphatic rings. The number of hydrogen-bond acceptors (Lipinski definition) is 4. The Labute approximate surface area is 100 Å². The molecule has 0 bridgehead atoms. The first-order chi connectivity index (χ1) is 8.18. The quantitative estimate of drug-likeness (QED) is 0.785. The topological polar surface area (TPSA) is 56.5 Å². The molecule has 0 amide bonds. The van der Waals surface area contributed by atoms with Crippen LogP contribution < -0.4 is 5.43 Å². The number of esters is 1. The highest BCUT2D eigenvalue weighted by molar-refractivity contribution is 5.71. The fourth-order valence-corrected chi connectivity index (χ4v) is 1.20. The van der Waals surface area contributed by atoms with Crippen LogP contribution >= 0.6 is 0 Å². The molecular weight excluding hydrogens is 253 g/mol. The highest BCUT2D eigenvalue weighted by Crippen LogP contribution is 2.28. The second kappa shape index (κ2) is 5.24. The molecule has 0 aliphatic heterocycles. The molecule has 0 spiro atoms. The van der Waals surface area contributed by atoms with Gasteiger partial charge in [0.05, 0.1) is 6.10 Å². The normalized spacial score (nSPS) is 11.7. The van der Waals surface area contributed by atoms with Crippen molar-refractivity contribution < 1.29 is 27.1 Å². The van der Waals surface area contributed by atoms with Crippen LogP contribution in [-0.2, 0) is 22.1 Å². The van der Waals surface area contributed by atoms with E-state index in [-0.39, 0.29) is 5.76 Å². The van der Waals surface area contributed by atoms with Crippen LogP contribution in [0.1, 0.15) is 25.4 Å². The Hall–Kier alpha value is -1.79. The molecule has 0 aliphatic carbocycles. The lowest BCUT2D eigenvalue weighted by atomic mass is 10.2. The first kappa shape index (κ1) is 14.3. The van der Waals surface area contributed by atoms with Gasteiger partial charge >= 0.3 is 12.1 Å². The van der Waals surface area contributed by atoms with E-state index in [0.29, 0.717) is 6.07 Å². The van der Waals surface area contributed by atoms with Gasteiger partial charge in [-0.15, -0.1) is 0 Å². The van der Waals surface area contributed by atoms with Gasteiger partial charge in [0.2, 0.25) is 5.76 Å². The van der Waals surface area contributed by atoms with Gasteiger partial charge in [-0.3, -0.25) is 9.59 Å². The Morgan fingerprint density at radius 1 is 1.39 bits per heavy atom. The molecule has 0 saturated heterocycles. The Balaban J connectivity index is 2.94. The first-order valence-corrected chi connectivity index (χ1v) is 5.09. The second-order valence-corrected chi connectivity index (χ2v) is 3.84. The molecule has 1 heterocycles. The second-order valence-electron chi connectivity index (χ2n) is 3.84. The van der Waals surface area contributed by atoms with Crippen LogP contribution in [0.25, 0.3) is 0 Å². The van der Waals surface area contributed by atoms with Crippen molar-refractivity contribution >= 4 is 5.97 Å². The summed E-state index contributed by atoms with van der Waals surface area (Å²) in [6.07, 6.45) is -5.68. The Kier molecular flexibility index (Phi) is 4.15. The monoisotopic (exact) mass is 264 g/mol. The predicted octanol–water partition coefficient (Wildman–Crippen LogP) is 2.15. The van der Waals surface area contributed by atoms with Crippen LogP contribution in [-0.4, -0.2) is 12.1 Å². The molecule has 0 fully saturated rings. The minimum absolute atomic E-state index is 0.331. The maximum Gasteiger partial charge on any atom is 0.449 e. The molecule has 0 aromatic carbocycles. The third-order valence-corrected chi connectivity index (χ3v) is 1.78. The lowest BCUT2D eigenvalue weighted by Crippen LogP contribution is -2.16. The Morgan fingerprint density at radius 3 is 2.50 bits per heavy atom. The van der Waals surface area contributed by atoms with Gasteiger partial charge in [0.25, 0.3) is 0 Å². The third-order valence-electron chi connectivity index (χ3n) is 1.78. The minimum atomic E-state index is -4.77. The minimum Gasteiger partial charge on any atom is -0.463 e. The summed E-state index contributed by atoms with van der Waals surface area (Å²) in [6, 6.07) is 1.16. The number of halogens is 3. The van der Waals surface area contributed by atoms with Gasteiger partial charge in [-0.2, -0.15) is 13.2 Å². The van der Waals surface area contributed by atoms with Crippen LogP contribution in [0.15, 0.2) is 21.3 Å². The SMILES string of the molecule is CC(C)OC(=O)Cc1cc(=O)cc(C(F)(F)F)o1. The number of hydrogen-bond donors (Lipinski definition) is 0. The van der Waals surface area contributed by atoms with Crippen molar-refractivity contribution in [3.63, 3.8) is 0 Å². The van der Waals surface area contributed by atoms with Crippen molar-refractivity contribution in [1.29, 1.82) is 0 Å². The molecular formula is C11H11F3O4. The van der Waals surface area contributed by atoms with Gasteiger partial charge in [-0.1, -0.05) is 0 Å². The van der Waals surface area contributed by atoms with E-state index in [1.807, 2.05) is 0 Å². The molecule has 0 radical (unpaired) electrons. The zero-order valence-corrected chi connectivity index (χ0v) is 9.71. The van der Waals surface area contributed by atoms with Gasteiger partial charge in [-0.05, 0) is 13.8 Å². The molecule has 1 aromatic rings. The maximum absolute atomic E-state index is 12.3. The average Bonchev–Trinajstić information content (AvgIpc) is 2.13. The summed E-state index contributed by atoms with van der Waals surface area (Å²) in [5.41, 5.74) is -0.874. The van der Waals surface area contributed by atoms with Crippen molar-refractivity contribution in [2.24, 2.45) is 0 Å². The van der Waals surface area contributed by atoms with E-state index < -0.39 is 35.9 Å². The van der Waals surface area contributed by atoms with E-state index in [4.69, 9.17) is 4.74 Å². The van der Waals surface area contributed by atoms with Crippen molar-refractivity contribution in [3.05, 3.63) is 33.9 Å². The molecule has 100 valence electrons. The molecule has 4 nitrogen and oxygen atoms in total. The lowest BCUT2D eigenvalue weighted by molar-refractivity contribution is -0.156. The largest absolute Gasteiger partial charge is 0.463 e. The summed E-state index contributed by atoms with van der Waals surface area (Å²) in [6.45, 7) is 3.19. The zero-order chi connectivity index (χ0) is 13.9. The molecule has 18 heavy (non-hydrogen) atoms. The van der Waals surface area contributed by atoms with E-state index in [2.05, 4.69) is 4.42 Å². The highest BCUT2D eigenvalue weighted by Gasteiger charge is 2.34. The predicted molar refractivity (Wildman–Crippen MR) is 54.9 cm³/mol. The Morgan fingerprint density at radius 2 is 2.00 bits per heavy atom. The van der Waals surface area contributed by atoms with Crippen LogP contribution in [0.3, 0.4) is 0 Å². The van der Waals surface area contributed by atoms with Crippen LogP contribution in [0.5, 0.6) is 0 Å². The summed E-state index contributed by atoms with van der Waals surface area (Å²) in [4.78, 5) is 22.3. The van der Waals surface area contributed by atoms with Gasteiger partial charge in [-0.25, -0.2) is 0 Å². The van der Waals surface area contributed by atoms with Gasteiger partial charge in [0.1, 0.15) is 12.2 Å². The fraction of sp³-hybridized carbons (Fsp3) is 0.455. The van der Waals surface area contributed by atoms with Crippen LogP contribution in [0.2, 0.25) is 0 Å². The average molecular weight is 264 g/mol.